The fraction of sp³-hybridized carbons (Fsp3) is 0.611. The molecule has 1 saturated heterocycles. The molecule has 1 aliphatic rings. The minimum atomic E-state index is 0.0482. The Balaban J connectivity index is 1.91. The molecule has 1 amide bonds. The topological polar surface area (TPSA) is 50.8 Å². The molecule has 23 heavy (non-hydrogen) atoms. The standard InChI is InChI=1S/C18H28N2O3/c1-4-14(2)19-12-15-7-8-16(17(11-15)22-3)23-13-18(21)20-9-5-6-10-20/h7-8,11,14,19H,4-6,9-10,12-13H2,1-3H3/t14-/m0/s1. The van der Waals surface area contributed by atoms with Crippen molar-refractivity contribution in [3.8, 4) is 11.5 Å². The van der Waals surface area contributed by atoms with Gasteiger partial charge >= 0.3 is 0 Å². The van der Waals surface area contributed by atoms with Crippen LogP contribution in [0.25, 0.3) is 0 Å². The highest BCUT2D eigenvalue weighted by atomic mass is 16.5. The van der Waals surface area contributed by atoms with Crippen LogP contribution in [-0.2, 0) is 11.3 Å². The predicted molar refractivity (Wildman–Crippen MR) is 90.9 cm³/mol. The zero-order valence-electron chi connectivity index (χ0n) is 14.4. The van der Waals surface area contributed by atoms with Crippen LogP contribution in [0.1, 0.15) is 38.7 Å². The van der Waals surface area contributed by atoms with Crippen LogP contribution in [0, 0.1) is 0 Å². The van der Waals surface area contributed by atoms with Gasteiger partial charge in [-0.25, -0.2) is 0 Å². The van der Waals surface area contributed by atoms with Crippen LogP contribution in [0.3, 0.4) is 0 Å². The van der Waals surface area contributed by atoms with Gasteiger partial charge in [0.1, 0.15) is 0 Å². The maximum atomic E-state index is 12.0. The summed E-state index contributed by atoms with van der Waals surface area (Å²) in [5.41, 5.74) is 1.14. The van der Waals surface area contributed by atoms with Crippen LogP contribution in [0.15, 0.2) is 18.2 Å². The number of rotatable bonds is 8. The number of methoxy groups -OCH3 is 1. The first-order valence-corrected chi connectivity index (χ1v) is 8.45. The number of ether oxygens (including phenoxy) is 2. The highest BCUT2D eigenvalue weighted by Gasteiger charge is 2.18. The molecular formula is C18H28N2O3. The number of carbonyl (C=O) groups excluding carboxylic acids is 1. The molecule has 0 spiro atoms. The first-order chi connectivity index (χ1) is 11.1. The van der Waals surface area contributed by atoms with Gasteiger partial charge in [-0.05, 0) is 43.9 Å². The summed E-state index contributed by atoms with van der Waals surface area (Å²) in [5, 5.41) is 3.45. The lowest BCUT2D eigenvalue weighted by Gasteiger charge is -2.17. The smallest absolute Gasteiger partial charge is 0.260 e. The second kappa shape index (κ2) is 8.77. The molecule has 128 valence electrons. The summed E-state index contributed by atoms with van der Waals surface area (Å²) >= 11 is 0. The van der Waals surface area contributed by atoms with Crippen LogP contribution in [-0.4, -0.2) is 43.7 Å². The molecule has 1 heterocycles. The van der Waals surface area contributed by atoms with Gasteiger partial charge in [0.05, 0.1) is 7.11 Å². The number of benzene rings is 1. The Morgan fingerprint density at radius 1 is 1.30 bits per heavy atom. The molecule has 0 radical (unpaired) electrons. The van der Waals surface area contributed by atoms with Crippen LogP contribution < -0.4 is 14.8 Å². The molecule has 0 unspecified atom stereocenters. The minimum absolute atomic E-state index is 0.0482. The number of nitrogens with zero attached hydrogens (tertiary/aromatic N) is 1. The van der Waals surface area contributed by atoms with Gasteiger partial charge < -0.3 is 19.7 Å². The molecule has 1 fully saturated rings. The van der Waals surface area contributed by atoms with Gasteiger partial charge in [0.2, 0.25) is 0 Å². The van der Waals surface area contributed by atoms with E-state index in [1.165, 1.54) is 0 Å². The maximum absolute atomic E-state index is 12.0. The molecule has 0 aliphatic carbocycles. The van der Waals surface area contributed by atoms with E-state index < -0.39 is 0 Å². The Morgan fingerprint density at radius 3 is 2.70 bits per heavy atom. The third kappa shape index (κ3) is 5.13. The molecule has 1 aromatic rings. The molecule has 0 bridgehead atoms. The van der Waals surface area contributed by atoms with E-state index in [4.69, 9.17) is 9.47 Å². The number of amides is 1. The Morgan fingerprint density at radius 2 is 2.04 bits per heavy atom. The van der Waals surface area contributed by atoms with Crippen LogP contribution in [0.4, 0.5) is 0 Å². The van der Waals surface area contributed by atoms with E-state index in [1.54, 1.807) is 7.11 Å². The van der Waals surface area contributed by atoms with Crippen molar-refractivity contribution >= 4 is 5.91 Å². The fourth-order valence-electron chi connectivity index (χ4n) is 2.57. The van der Waals surface area contributed by atoms with Crippen molar-refractivity contribution in [2.45, 2.75) is 45.7 Å². The van der Waals surface area contributed by atoms with Gasteiger partial charge in [-0.15, -0.1) is 0 Å². The van der Waals surface area contributed by atoms with Crippen LogP contribution in [0.2, 0.25) is 0 Å². The SMILES string of the molecule is CC[C@H](C)NCc1ccc(OCC(=O)N2CCCC2)c(OC)c1. The van der Waals surface area contributed by atoms with Crippen molar-refractivity contribution in [1.29, 1.82) is 0 Å². The fourth-order valence-corrected chi connectivity index (χ4v) is 2.57. The van der Waals surface area contributed by atoms with Crippen molar-refractivity contribution < 1.29 is 14.3 Å². The van der Waals surface area contributed by atoms with E-state index in [1.807, 2.05) is 23.1 Å². The van der Waals surface area contributed by atoms with Gasteiger partial charge in [-0.2, -0.15) is 0 Å². The summed E-state index contributed by atoms with van der Waals surface area (Å²) in [4.78, 5) is 13.9. The zero-order valence-corrected chi connectivity index (χ0v) is 14.4. The average molecular weight is 320 g/mol. The number of hydrogen-bond donors (Lipinski definition) is 1. The Bertz CT molecular complexity index is 513. The molecule has 1 N–H and O–H groups in total. The van der Waals surface area contributed by atoms with Crippen molar-refractivity contribution in [3.05, 3.63) is 23.8 Å². The highest BCUT2D eigenvalue weighted by molar-refractivity contribution is 5.78. The quantitative estimate of drug-likeness (QED) is 0.800. The molecule has 5 heteroatoms. The molecule has 5 nitrogen and oxygen atoms in total. The van der Waals surface area contributed by atoms with E-state index in [2.05, 4.69) is 19.2 Å². The Labute approximate surface area is 139 Å². The second-order valence-corrected chi connectivity index (χ2v) is 6.05. The lowest BCUT2D eigenvalue weighted by molar-refractivity contribution is -0.132. The summed E-state index contributed by atoms with van der Waals surface area (Å²) in [7, 11) is 1.62. The monoisotopic (exact) mass is 320 g/mol. The van der Waals surface area contributed by atoms with Crippen molar-refractivity contribution in [2.75, 3.05) is 26.8 Å². The van der Waals surface area contributed by atoms with E-state index in [9.17, 15) is 4.79 Å². The lowest BCUT2D eigenvalue weighted by Crippen LogP contribution is -2.32. The summed E-state index contributed by atoms with van der Waals surface area (Å²) in [6.45, 7) is 6.88. The molecule has 1 atom stereocenters. The van der Waals surface area contributed by atoms with Gasteiger partial charge in [0.25, 0.3) is 5.91 Å². The van der Waals surface area contributed by atoms with Gasteiger partial charge in [-0.3, -0.25) is 4.79 Å². The first kappa shape index (κ1) is 17.6. The third-order valence-corrected chi connectivity index (χ3v) is 4.30. The number of hydrogen-bond acceptors (Lipinski definition) is 4. The molecule has 2 rings (SSSR count). The Hall–Kier alpha value is -1.75. The Kier molecular flexibility index (Phi) is 6.71. The van der Waals surface area contributed by atoms with E-state index in [0.717, 1.165) is 44.5 Å². The summed E-state index contributed by atoms with van der Waals surface area (Å²) in [5.74, 6) is 1.34. The summed E-state index contributed by atoms with van der Waals surface area (Å²) in [6, 6.07) is 6.33. The van der Waals surface area contributed by atoms with E-state index in [-0.39, 0.29) is 12.5 Å². The van der Waals surface area contributed by atoms with Gasteiger partial charge in [0, 0.05) is 25.7 Å². The normalized spacial score (nSPS) is 15.5. The number of likely N-dealkylation sites (tertiary alicyclic amines) is 1. The largest absolute Gasteiger partial charge is 0.493 e. The third-order valence-electron chi connectivity index (χ3n) is 4.30. The summed E-state index contributed by atoms with van der Waals surface area (Å²) in [6.07, 6.45) is 3.27. The van der Waals surface area contributed by atoms with E-state index >= 15 is 0 Å². The predicted octanol–water partition coefficient (Wildman–Crippen LogP) is 2.58. The number of carbonyl (C=O) groups is 1. The van der Waals surface area contributed by atoms with Crippen molar-refractivity contribution in [2.24, 2.45) is 0 Å². The molecule has 0 saturated carbocycles. The van der Waals surface area contributed by atoms with Gasteiger partial charge in [-0.1, -0.05) is 13.0 Å². The summed E-state index contributed by atoms with van der Waals surface area (Å²) < 4.78 is 11.1. The van der Waals surface area contributed by atoms with Crippen LogP contribution in [0.5, 0.6) is 11.5 Å². The molecular weight excluding hydrogens is 292 g/mol. The highest BCUT2D eigenvalue weighted by Crippen LogP contribution is 2.28. The minimum Gasteiger partial charge on any atom is -0.493 e. The van der Waals surface area contributed by atoms with Gasteiger partial charge in [0.15, 0.2) is 18.1 Å². The van der Waals surface area contributed by atoms with Crippen molar-refractivity contribution in [3.63, 3.8) is 0 Å². The van der Waals surface area contributed by atoms with Crippen LogP contribution >= 0.6 is 0 Å². The lowest BCUT2D eigenvalue weighted by atomic mass is 10.1. The second-order valence-electron chi connectivity index (χ2n) is 6.05. The molecule has 1 aromatic carbocycles. The maximum Gasteiger partial charge on any atom is 0.260 e. The zero-order chi connectivity index (χ0) is 16.7. The molecule has 0 aromatic heterocycles. The number of nitrogens with one attached hydrogen (secondary N) is 1. The van der Waals surface area contributed by atoms with Crippen molar-refractivity contribution in [1.82, 2.24) is 10.2 Å². The molecule has 1 aliphatic heterocycles. The average Bonchev–Trinajstić information content (AvgIpc) is 3.12. The first-order valence-electron chi connectivity index (χ1n) is 8.45. The van der Waals surface area contributed by atoms with E-state index in [0.29, 0.717) is 17.5 Å².